The topological polar surface area (TPSA) is 75.0 Å². The largest absolute Gasteiger partial charge is 0.496 e. The van der Waals surface area contributed by atoms with Crippen LogP contribution >= 0.6 is 0 Å². The van der Waals surface area contributed by atoms with Crippen LogP contribution in [0.15, 0.2) is 51.7 Å². The molecule has 0 bridgehead atoms. The number of fused-ring (bicyclic) bond motifs is 1. The fourth-order valence-corrected chi connectivity index (χ4v) is 3.03. The second-order valence-electron chi connectivity index (χ2n) is 6.23. The van der Waals surface area contributed by atoms with Gasteiger partial charge in [-0.25, -0.2) is 4.79 Å². The zero-order valence-electron chi connectivity index (χ0n) is 16.3. The van der Waals surface area contributed by atoms with Crippen molar-refractivity contribution in [2.45, 2.75) is 26.9 Å². The number of rotatable bonds is 6. The molecule has 1 atom stereocenters. The Morgan fingerprint density at radius 3 is 2.64 bits per heavy atom. The average Bonchev–Trinajstić information content (AvgIpc) is 2.68. The summed E-state index contributed by atoms with van der Waals surface area (Å²) >= 11 is 0. The van der Waals surface area contributed by atoms with E-state index in [1.807, 2.05) is 18.2 Å². The molecule has 0 spiro atoms. The van der Waals surface area contributed by atoms with Crippen LogP contribution in [0.25, 0.3) is 22.1 Å². The van der Waals surface area contributed by atoms with E-state index in [2.05, 4.69) is 0 Å². The molecular weight excluding hydrogens is 360 g/mol. The first kappa shape index (κ1) is 19.5. The van der Waals surface area contributed by atoms with Gasteiger partial charge in [-0.05, 0) is 39.0 Å². The van der Waals surface area contributed by atoms with Crippen molar-refractivity contribution >= 4 is 16.9 Å². The van der Waals surface area contributed by atoms with Gasteiger partial charge in [0.2, 0.25) is 5.43 Å². The average molecular weight is 382 g/mol. The summed E-state index contributed by atoms with van der Waals surface area (Å²) in [6, 6.07) is 12.2. The molecule has 146 valence electrons. The standard InChI is InChI=1S/C22H22O6/c1-5-26-22(24)14(3)27-15-10-11-17-19(12-15)28-13(2)20(21(17)23)16-8-6-7-9-18(16)25-4/h6-12,14H,5H2,1-4H3/t14-/m1/s1. The summed E-state index contributed by atoms with van der Waals surface area (Å²) in [5.74, 6) is 1.03. The minimum Gasteiger partial charge on any atom is -0.496 e. The minimum absolute atomic E-state index is 0.159. The number of methoxy groups -OCH3 is 1. The van der Waals surface area contributed by atoms with Crippen molar-refractivity contribution < 1.29 is 23.4 Å². The third-order valence-corrected chi connectivity index (χ3v) is 4.35. The van der Waals surface area contributed by atoms with Gasteiger partial charge in [-0.1, -0.05) is 18.2 Å². The van der Waals surface area contributed by atoms with Gasteiger partial charge in [-0.15, -0.1) is 0 Å². The Morgan fingerprint density at radius 1 is 1.18 bits per heavy atom. The van der Waals surface area contributed by atoms with Crippen LogP contribution in [0.3, 0.4) is 0 Å². The lowest BCUT2D eigenvalue weighted by atomic mass is 10.0. The van der Waals surface area contributed by atoms with Crippen molar-refractivity contribution in [1.82, 2.24) is 0 Å². The molecule has 0 unspecified atom stereocenters. The summed E-state index contributed by atoms with van der Waals surface area (Å²) in [5, 5.41) is 0.419. The highest BCUT2D eigenvalue weighted by Crippen LogP contribution is 2.32. The molecule has 28 heavy (non-hydrogen) atoms. The van der Waals surface area contributed by atoms with E-state index in [9.17, 15) is 9.59 Å². The second kappa shape index (κ2) is 8.17. The molecule has 1 heterocycles. The molecule has 6 nitrogen and oxygen atoms in total. The first-order valence-corrected chi connectivity index (χ1v) is 9.00. The Morgan fingerprint density at radius 2 is 1.93 bits per heavy atom. The van der Waals surface area contributed by atoms with E-state index < -0.39 is 12.1 Å². The van der Waals surface area contributed by atoms with E-state index in [1.165, 1.54) is 0 Å². The van der Waals surface area contributed by atoms with Crippen molar-refractivity contribution in [3.8, 4) is 22.6 Å². The molecule has 0 amide bonds. The van der Waals surface area contributed by atoms with Gasteiger partial charge in [-0.2, -0.15) is 0 Å². The van der Waals surface area contributed by atoms with Gasteiger partial charge in [0.05, 0.1) is 24.7 Å². The molecule has 0 N–H and O–H groups in total. The van der Waals surface area contributed by atoms with E-state index in [4.69, 9.17) is 18.6 Å². The third kappa shape index (κ3) is 3.71. The first-order valence-electron chi connectivity index (χ1n) is 9.00. The normalized spacial score (nSPS) is 11.9. The lowest BCUT2D eigenvalue weighted by molar-refractivity contribution is -0.150. The van der Waals surface area contributed by atoms with Gasteiger partial charge in [0.1, 0.15) is 22.8 Å². The number of hydrogen-bond acceptors (Lipinski definition) is 6. The van der Waals surface area contributed by atoms with Crippen molar-refractivity contribution in [1.29, 1.82) is 0 Å². The van der Waals surface area contributed by atoms with E-state index in [1.54, 1.807) is 52.1 Å². The van der Waals surface area contributed by atoms with E-state index in [0.29, 0.717) is 39.4 Å². The quantitative estimate of drug-likeness (QED) is 0.597. The molecule has 3 rings (SSSR count). The SMILES string of the molecule is CCOC(=O)[C@@H](C)Oc1ccc2c(=O)c(-c3ccccc3OC)c(C)oc2c1. The maximum atomic E-state index is 13.1. The fourth-order valence-electron chi connectivity index (χ4n) is 3.03. The lowest BCUT2D eigenvalue weighted by Gasteiger charge is -2.14. The van der Waals surface area contributed by atoms with Crippen LogP contribution in [0.2, 0.25) is 0 Å². The minimum atomic E-state index is -0.766. The highest BCUT2D eigenvalue weighted by molar-refractivity contribution is 5.85. The molecular formula is C22H22O6. The fraction of sp³-hybridized carbons (Fsp3) is 0.273. The molecule has 3 aromatic rings. The highest BCUT2D eigenvalue weighted by atomic mass is 16.6. The Kier molecular flexibility index (Phi) is 5.68. The lowest BCUT2D eigenvalue weighted by Crippen LogP contribution is -2.26. The molecule has 0 aliphatic heterocycles. The molecule has 0 radical (unpaired) electrons. The number of benzene rings is 2. The third-order valence-electron chi connectivity index (χ3n) is 4.35. The highest BCUT2D eigenvalue weighted by Gasteiger charge is 2.19. The van der Waals surface area contributed by atoms with Crippen LogP contribution in [0, 0.1) is 6.92 Å². The maximum Gasteiger partial charge on any atom is 0.347 e. The zero-order chi connectivity index (χ0) is 20.3. The Balaban J connectivity index is 2.04. The predicted octanol–water partition coefficient (Wildman–Crippen LogP) is 4.11. The smallest absolute Gasteiger partial charge is 0.347 e. The first-order chi connectivity index (χ1) is 13.5. The number of hydrogen-bond donors (Lipinski definition) is 0. The molecule has 0 saturated heterocycles. The van der Waals surface area contributed by atoms with Gasteiger partial charge in [-0.3, -0.25) is 4.79 Å². The number of aryl methyl sites for hydroxylation is 1. The molecule has 0 fully saturated rings. The van der Waals surface area contributed by atoms with Crippen LogP contribution < -0.4 is 14.9 Å². The number of para-hydroxylation sites is 1. The molecule has 0 saturated carbocycles. The summed E-state index contributed by atoms with van der Waals surface area (Å²) in [5.41, 5.74) is 1.36. The van der Waals surface area contributed by atoms with Gasteiger partial charge in [0, 0.05) is 11.6 Å². The summed E-state index contributed by atoms with van der Waals surface area (Å²) in [6.07, 6.45) is -0.766. The number of esters is 1. The molecule has 0 aliphatic rings. The number of carbonyl (C=O) groups excluding carboxylic acids is 1. The van der Waals surface area contributed by atoms with Crippen molar-refractivity contribution in [3.05, 3.63) is 58.4 Å². The number of carbonyl (C=O) groups is 1. The monoisotopic (exact) mass is 382 g/mol. The molecule has 1 aromatic heterocycles. The Bertz CT molecular complexity index is 1070. The van der Waals surface area contributed by atoms with E-state index >= 15 is 0 Å². The molecule has 0 aliphatic carbocycles. The van der Waals surface area contributed by atoms with E-state index in [0.717, 1.165) is 0 Å². The van der Waals surface area contributed by atoms with Gasteiger partial charge < -0.3 is 18.6 Å². The van der Waals surface area contributed by atoms with Crippen LogP contribution in [0.4, 0.5) is 0 Å². The Hall–Kier alpha value is -3.28. The maximum absolute atomic E-state index is 13.1. The van der Waals surface area contributed by atoms with Crippen molar-refractivity contribution in [2.24, 2.45) is 0 Å². The van der Waals surface area contributed by atoms with Gasteiger partial charge in [0.15, 0.2) is 6.10 Å². The van der Waals surface area contributed by atoms with E-state index in [-0.39, 0.29) is 12.0 Å². The molecule has 6 heteroatoms. The predicted molar refractivity (Wildman–Crippen MR) is 106 cm³/mol. The van der Waals surface area contributed by atoms with Gasteiger partial charge in [0.25, 0.3) is 0 Å². The summed E-state index contributed by atoms with van der Waals surface area (Å²) in [4.78, 5) is 24.9. The summed E-state index contributed by atoms with van der Waals surface area (Å²) in [7, 11) is 1.56. The second-order valence-corrected chi connectivity index (χ2v) is 6.23. The van der Waals surface area contributed by atoms with Crippen molar-refractivity contribution in [2.75, 3.05) is 13.7 Å². The van der Waals surface area contributed by atoms with Crippen LogP contribution in [0.1, 0.15) is 19.6 Å². The Labute approximate surface area is 162 Å². The van der Waals surface area contributed by atoms with Crippen LogP contribution in [0.5, 0.6) is 11.5 Å². The summed E-state index contributed by atoms with van der Waals surface area (Å²) in [6.45, 7) is 5.35. The summed E-state index contributed by atoms with van der Waals surface area (Å²) < 4.78 is 21.8. The van der Waals surface area contributed by atoms with Crippen molar-refractivity contribution in [3.63, 3.8) is 0 Å². The number of ether oxygens (including phenoxy) is 3. The van der Waals surface area contributed by atoms with Crippen LogP contribution in [-0.2, 0) is 9.53 Å². The molecule has 2 aromatic carbocycles. The zero-order valence-corrected chi connectivity index (χ0v) is 16.3. The van der Waals surface area contributed by atoms with Crippen LogP contribution in [-0.4, -0.2) is 25.8 Å². The van der Waals surface area contributed by atoms with Gasteiger partial charge >= 0.3 is 5.97 Å².